The summed E-state index contributed by atoms with van der Waals surface area (Å²) in [5.74, 6) is 0.381. The molecule has 1 aliphatic heterocycles. The van der Waals surface area contributed by atoms with E-state index in [0.29, 0.717) is 11.6 Å². The molecule has 1 aromatic carbocycles. The van der Waals surface area contributed by atoms with E-state index >= 15 is 0 Å². The van der Waals surface area contributed by atoms with E-state index in [4.69, 9.17) is 0 Å². The van der Waals surface area contributed by atoms with Crippen LogP contribution in [0.1, 0.15) is 10.5 Å². The third-order valence-corrected chi connectivity index (χ3v) is 4.29. The first kappa shape index (κ1) is 15.9. The van der Waals surface area contributed by atoms with Crippen molar-refractivity contribution in [2.45, 2.75) is 0 Å². The Hall–Kier alpha value is -1.99. The highest BCUT2D eigenvalue weighted by molar-refractivity contribution is 9.10. The molecule has 6 nitrogen and oxygen atoms in total. The van der Waals surface area contributed by atoms with Gasteiger partial charge in [0.15, 0.2) is 0 Å². The molecule has 0 saturated carbocycles. The summed E-state index contributed by atoms with van der Waals surface area (Å²) >= 11 is 3.40. The zero-order chi connectivity index (χ0) is 16.2. The summed E-state index contributed by atoms with van der Waals surface area (Å²) in [6.45, 7) is 3.24. The number of carbonyl (C=O) groups excluding carboxylic acids is 1. The molecule has 7 heteroatoms. The zero-order valence-corrected chi connectivity index (χ0v) is 14.5. The average molecular weight is 376 g/mol. The predicted octanol–water partition coefficient (Wildman–Crippen LogP) is 2.37. The second-order valence-corrected chi connectivity index (χ2v) is 6.41. The Morgan fingerprint density at radius 2 is 1.83 bits per heavy atom. The Balaban J connectivity index is 1.71. The minimum Gasteiger partial charge on any atom is -0.335 e. The Morgan fingerprint density at radius 3 is 2.52 bits per heavy atom. The van der Waals surface area contributed by atoms with Crippen molar-refractivity contribution < 1.29 is 4.79 Å². The van der Waals surface area contributed by atoms with Gasteiger partial charge in [-0.15, -0.1) is 0 Å². The van der Waals surface area contributed by atoms with Gasteiger partial charge in [0, 0.05) is 42.5 Å². The predicted molar refractivity (Wildman–Crippen MR) is 92.9 cm³/mol. The van der Waals surface area contributed by atoms with Crippen LogP contribution in [0.25, 0.3) is 0 Å². The number of benzene rings is 1. The van der Waals surface area contributed by atoms with Crippen LogP contribution in [0, 0.1) is 0 Å². The molecule has 1 aromatic heterocycles. The van der Waals surface area contributed by atoms with Crippen LogP contribution < -0.4 is 5.32 Å². The van der Waals surface area contributed by atoms with E-state index in [-0.39, 0.29) is 5.91 Å². The van der Waals surface area contributed by atoms with Crippen molar-refractivity contribution >= 4 is 33.5 Å². The first-order valence-electron chi connectivity index (χ1n) is 7.45. The molecule has 0 radical (unpaired) electrons. The lowest BCUT2D eigenvalue weighted by molar-refractivity contribution is 0.0658. The summed E-state index contributed by atoms with van der Waals surface area (Å²) in [6.07, 6.45) is 1.61. The number of aromatic nitrogens is 2. The van der Waals surface area contributed by atoms with Crippen molar-refractivity contribution in [2.24, 2.45) is 0 Å². The minimum atomic E-state index is -0.0423. The lowest BCUT2D eigenvalue weighted by atomic mass is 10.3. The smallest absolute Gasteiger partial charge is 0.272 e. The quantitative estimate of drug-likeness (QED) is 0.891. The standard InChI is InChI=1S/C16H18BrN5O/c1-21-8-10-22(11-9-21)15(23)14-6-7-18-16(20-14)19-13-4-2-12(17)3-5-13/h2-7H,8-11H2,1H3,(H,18,19,20). The van der Waals surface area contributed by atoms with E-state index < -0.39 is 0 Å². The molecule has 23 heavy (non-hydrogen) atoms. The lowest BCUT2D eigenvalue weighted by Gasteiger charge is -2.32. The molecule has 2 heterocycles. The highest BCUT2D eigenvalue weighted by Gasteiger charge is 2.21. The maximum Gasteiger partial charge on any atom is 0.272 e. The number of nitrogens with one attached hydrogen (secondary N) is 1. The van der Waals surface area contributed by atoms with Gasteiger partial charge in [-0.1, -0.05) is 15.9 Å². The third-order valence-electron chi connectivity index (χ3n) is 3.77. The lowest BCUT2D eigenvalue weighted by Crippen LogP contribution is -2.47. The van der Waals surface area contributed by atoms with E-state index in [0.717, 1.165) is 36.3 Å². The van der Waals surface area contributed by atoms with Crippen molar-refractivity contribution in [3.63, 3.8) is 0 Å². The van der Waals surface area contributed by atoms with Gasteiger partial charge in [0.25, 0.3) is 5.91 Å². The van der Waals surface area contributed by atoms with Crippen molar-refractivity contribution in [3.8, 4) is 0 Å². The van der Waals surface area contributed by atoms with E-state index in [9.17, 15) is 4.79 Å². The van der Waals surface area contributed by atoms with Gasteiger partial charge in [-0.25, -0.2) is 9.97 Å². The number of amides is 1. The van der Waals surface area contributed by atoms with Gasteiger partial charge in [0.1, 0.15) is 5.69 Å². The number of nitrogens with zero attached hydrogens (tertiary/aromatic N) is 4. The van der Waals surface area contributed by atoms with Crippen molar-refractivity contribution in [2.75, 3.05) is 38.5 Å². The normalized spacial score (nSPS) is 15.5. The van der Waals surface area contributed by atoms with Crippen LogP contribution in [0.5, 0.6) is 0 Å². The number of likely N-dealkylation sites (N-methyl/N-ethyl adjacent to an activating group) is 1. The molecule has 0 atom stereocenters. The molecule has 1 amide bonds. The van der Waals surface area contributed by atoms with Crippen LogP contribution in [-0.4, -0.2) is 58.9 Å². The van der Waals surface area contributed by atoms with Crippen LogP contribution in [0.3, 0.4) is 0 Å². The number of hydrogen-bond acceptors (Lipinski definition) is 5. The van der Waals surface area contributed by atoms with Crippen molar-refractivity contribution in [3.05, 3.63) is 46.7 Å². The number of anilines is 2. The van der Waals surface area contributed by atoms with Gasteiger partial charge in [0.05, 0.1) is 0 Å². The summed E-state index contributed by atoms with van der Waals surface area (Å²) in [5.41, 5.74) is 1.29. The Morgan fingerprint density at radius 1 is 1.13 bits per heavy atom. The largest absolute Gasteiger partial charge is 0.335 e. The SMILES string of the molecule is CN1CCN(C(=O)c2ccnc(Nc3ccc(Br)cc3)n2)CC1. The van der Waals surface area contributed by atoms with Crippen molar-refractivity contribution in [1.29, 1.82) is 0 Å². The number of rotatable bonds is 3. The van der Waals surface area contributed by atoms with E-state index in [1.54, 1.807) is 12.3 Å². The Bertz CT molecular complexity index is 683. The molecule has 0 spiro atoms. The van der Waals surface area contributed by atoms with Gasteiger partial charge in [-0.05, 0) is 37.4 Å². The summed E-state index contributed by atoms with van der Waals surface area (Å²) in [5, 5.41) is 3.11. The number of carbonyl (C=O) groups is 1. The molecule has 0 aliphatic carbocycles. The summed E-state index contributed by atoms with van der Waals surface area (Å²) < 4.78 is 1.00. The molecule has 0 unspecified atom stereocenters. The number of hydrogen-bond donors (Lipinski definition) is 1. The third kappa shape index (κ3) is 4.05. The van der Waals surface area contributed by atoms with Crippen molar-refractivity contribution in [1.82, 2.24) is 19.8 Å². The number of halogens is 1. The van der Waals surface area contributed by atoms with Gasteiger partial charge in [0.2, 0.25) is 5.95 Å². The zero-order valence-electron chi connectivity index (χ0n) is 12.9. The fraction of sp³-hybridized carbons (Fsp3) is 0.312. The van der Waals surface area contributed by atoms with Crippen LogP contribution in [-0.2, 0) is 0 Å². The van der Waals surface area contributed by atoms with Gasteiger partial charge in [-0.2, -0.15) is 0 Å². The summed E-state index contributed by atoms with van der Waals surface area (Å²) in [6, 6.07) is 9.36. The van der Waals surface area contributed by atoms with Crippen LogP contribution in [0.4, 0.5) is 11.6 Å². The second-order valence-electron chi connectivity index (χ2n) is 5.49. The summed E-state index contributed by atoms with van der Waals surface area (Å²) in [7, 11) is 2.06. The molecule has 3 rings (SSSR count). The topological polar surface area (TPSA) is 61.4 Å². The fourth-order valence-corrected chi connectivity index (χ4v) is 2.64. The van der Waals surface area contributed by atoms with E-state index in [1.165, 1.54) is 0 Å². The maximum absolute atomic E-state index is 12.5. The van der Waals surface area contributed by atoms with E-state index in [2.05, 4.69) is 43.2 Å². The fourth-order valence-electron chi connectivity index (χ4n) is 2.37. The maximum atomic E-state index is 12.5. The summed E-state index contributed by atoms with van der Waals surface area (Å²) in [4.78, 5) is 25.1. The second kappa shape index (κ2) is 7.06. The molecule has 1 aliphatic rings. The highest BCUT2D eigenvalue weighted by atomic mass is 79.9. The Labute approximate surface area is 143 Å². The highest BCUT2D eigenvalue weighted by Crippen LogP contribution is 2.17. The molecule has 120 valence electrons. The molecule has 2 aromatic rings. The molecule has 0 bridgehead atoms. The monoisotopic (exact) mass is 375 g/mol. The minimum absolute atomic E-state index is 0.0423. The van der Waals surface area contributed by atoms with Gasteiger partial charge in [-0.3, -0.25) is 4.79 Å². The Kier molecular flexibility index (Phi) is 4.88. The molecule has 1 saturated heterocycles. The first-order chi connectivity index (χ1) is 11.1. The average Bonchev–Trinajstić information content (AvgIpc) is 2.57. The number of piperazine rings is 1. The first-order valence-corrected chi connectivity index (χ1v) is 8.24. The molecular formula is C16H18BrN5O. The van der Waals surface area contributed by atoms with Gasteiger partial charge >= 0.3 is 0 Å². The van der Waals surface area contributed by atoms with Crippen LogP contribution >= 0.6 is 15.9 Å². The van der Waals surface area contributed by atoms with Crippen LogP contribution in [0.15, 0.2) is 41.0 Å². The molecule has 1 N–H and O–H groups in total. The van der Waals surface area contributed by atoms with Gasteiger partial charge < -0.3 is 15.1 Å². The molecular weight excluding hydrogens is 358 g/mol. The molecule has 1 fully saturated rings. The van der Waals surface area contributed by atoms with E-state index in [1.807, 2.05) is 29.2 Å². The van der Waals surface area contributed by atoms with Crippen LogP contribution in [0.2, 0.25) is 0 Å².